The van der Waals surface area contributed by atoms with E-state index in [0.29, 0.717) is 18.5 Å². The maximum Gasteiger partial charge on any atom is 0.191 e. The Kier molecular flexibility index (Phi) is 7.76. The van der Waals surface area contributed by atoms with Crippen LogP contribution in [0.4, 0.5) is 0 Å². The Hall–Kier alpha value is -0.830. The van der Waals surface area contributed by atoms with Gasteiger partial charge in [0, 0.05) is 28.4 Å². The normalized spacial score (nSPS) is 21.5. The zero-order chi connectivity index (χ0) is 17.9. The second kappa shape index (κ2) is 9.39. The van der Waals surface area contributed by atoms with Gasteiger partial charge in [-0.15, -0.1) is 35.3 Å². The molecule has 0 amide bonds. The molecule has 142 valence electrons. The molecule has 1 aromatic heterocycles. The first-order valence-electron chi connectivity index (χ1n) is 8.56. The molecule has 7 heteroatoms. The zero-order valence-corrected chi connectivity index (χ0v) is 18.8. The minimum absolute atomic E-state index is 0. The molecule has 1 aliphatic carbocycles. The van der Waals surface area contributed by atoms with Crippen LogP contribution in [0.1, 0.15) is 36.6 Å². The Bertz CT molecular complexity index is 736. The van der Waals surface area contributed by atoms with Crippen LogP contribution in [0.25, 0.3) is 0 Å². The molecule has 0 bridgehead atoms. The number of rotatable bonds is 6. The molecule has 1 aliphatic rings. The molecule has 1 aromatic carbocycles. The summed E-state index contributed by atoms with van der Waals surface area (Å²) in [5.74, 6) is 1.20. The van der Waals surface area contributed by atoms with Crippen LogP contribution in [-0.2, 0) is 5.60 Å². The van der Waals surface area contributed by atoms with E-state index in [9.17, 15) is 5.11 Å². The zero-order valence-electron chi connectivity index (χ0n) is 14.9. The Morgan fingerprint density at radius 1 is 1.38 bits per heavy atom. The third kappa shape index (κ3) is 5.58. The van der Waals surface area contributed by atoms with Crippen molar-refractivity contribution in [2.45, 2.75) is 37.8 Å². The predicted octanol–water partition coefficient (Wildman–Crippen LogP) is 4.34. The van der Waals surface area contributed by atoms with Gasteiger partial charge in [0.15, 0.2) is 5.96 Å². The minimum Gasteiger partial charge on any atom is -0.383 e. The molecule has 0 spiro atoms. The van der Waals surface area contributed by atoms with Gasteiger partial charge >= 0.3 is 0 Å². The van der Waals surface area contributed by atoms with Crippen molar-refractivity contribution in [3.05, 3.63) is 57.2 Å². The average Bonchev–Trinajstić information content (AvgIpc) is 3.10. The third-order valence-electron chi connectivity index (χ3n) is 4.33. The lowest BCUT2D eigenvalue weighted by atomic mass is 10.1. The third-order valence-corrected chi connectivity index (χ3v) is 5.69. The van der Waals surface area contributed by atoms with Crippen LogP contribution >= 0.6 is 46.9 Å². The molecule has 3 unspecified atom stereocenters. The molecular weight excluding hydrogens is 481 g/mol. The highest BCUT2D eigenvalue weighted by Crippen LogP contribution is 2.41. The van der Waals surface area contributed by atoms with Crippen molar-refractivity contribution in [2.75, 3.05) is 13.1 Å². The molecular formula is C19H25ClIN3OS. The molecule has 2 aromatic rings. The summed E-state index contributed by atoms with van der Waals surface area (Å²) in [6.45, 7) is 4.94. The van der Waals surface area contributed by atoms with Gasteiger partial charge in [-0.3, -0.25) is 0 Å². The van der Waals surface area contributed by atoms with Crippen LogP contribution < -0.4 is 10.6 Å². The maximum absolute atomic E-state index is 10.6. The number of benzene rings is 1. The number of aliphatic hydroxyl groups is 1. The molecule has 0 saturated heterocycles. The molecule has 26 heavy (non-hydrogen) atoms. The summed E-state index contributed by atoms with van der Waals surface area (Å²) in [7, 11) is 0. The molecule has 1 fully saturated rings. The van der Waals surface area contributed by atoms with Gasteiger partial charge in [0.1, 0.15) is 5.60 Å². The summed E-state index contributed by atoms with van der Waals surface area (Å²) in [4.78, 5) is 5.52. The van der Waals surface area contributed by atoms with E-state index in [0.717, 1.165) is 28.8 Å². The first kappa shape index (κ1) is 21.5. The summed E-state index contributed by atoms with van der Waals surface area (Å²) in [6.07, 6.45) is 1.06. The molecule has 3 N–H and O–H groups in total. The van der Waals surface area contributed by atoms with Crippen LogP contribution in [0.5, 0.6) is 0 Å². The number of thiophene rings is 1. The van der Waals surface area contributed by atoms with Gasteiger partial charge in [-0.05, 0) is 49.4 Å². The van der Waals surface area contributed by atoms with Crippen LogP contribution in [0, 0.1) is 0 Å². The van der Waals surface area contributed by atoms with Crippen molar-refractivity contribution in [1.82, 2.24) is 10.6 Å². The van der Waals surface area contributed by atoms with E-state index in [1.165, 1.54) is 5.56 Å². The van der Waals surface area contributed by atoms with Crippen LogP contribution in [-0.4, -0.2) is 30.2 Å². The van der Waals surface area contributed by atoms with E-state index in [2.05, 4.69) is 21.7 Å². The molecule has 1 saturated carbocycles. The van der Waals surface area contributed by atoms with E-state index >= 15 is 0 Å². The topological polar surface area (TPSA) is 56.7 Å². The summed E-state index contributed by atoms with van der Waals surface area (Å²) in [6, 6.07) is 12.3. The van der Waals surface area contributed by atoms with Gasteiger partial charge < -0.3 is 15.7 Å². The van der Waals surface area contributed by atoms with Gasteiger partial charge in [0.05, 0.1) is 6.54 Å². The van der Waals surface area contributed by atoms with E-state index in [1.807, 2.05) is 42.6 Å². The monoisotopic (exact) mass is 505 g/mol. The Morgan fingerprint density at radius 2 is 2.19 bits per heavy atom. The quantitative estimate of drug-likeness (QED) is 0.311. The Balaban J connectivity index is 0.00000243. The first-order valence-corrected chi connectivity index (χ1v) is 9.82. The lowest BCUT2D eigenvalue weighted by Gasteiger charge is -2.20. The maximum atomic E-state index is 10.6. The highest BCUT2D eigenvalue weighted by atomic mass is 127. The van der Waals surface area contributed by atoms with E-state index in [4.69, 9.17) is 11.6 Å². The standard InChI is InChI=1S/C19H24ClN3OS.HI/c1-3-21-18(22-12-19(2,24)17-8-5-9-25-17)23-16-11-15(16)13-6-4-7-14(20)10-13;/h4-10,15-16,24H,3,11-12H2,1-2H3,(H2,21,22,23);1H. The largest absolute Gasteiger partial charge is 0.383 e. The molecule has 3 atom stereocenters. The van der Waals surface area contributed by atoms with Gasteiger partial charge in [-0.25, -0.2) is 4.99 Å². The van der Waals surface area contributed by atoms with Crippen LogP contribution in [0.15, 0.2) is 46.8 Å². The highest BCUT2D eigenvalue weighted by molar-refractivity contribution is 14.0. The molecule has 3 rings (SSSR count). The van der Waals surface area contributed by atoms with Gasteiger partial charge in [-0.1, -0.05) is 29.8 Å². The first-order chi connectivity index (χ1) is 12.0. The van der Waals surface area contributed by atoms with E-state index in [-0.39, 0.29) is 24.0 Å². The summed E-state index contributed by atoms with van der Waals surface area (Å²) < 4.78 is 0. The minimum atomic E-state index is -0.952. The van der Waals surface area contributed by atoms with Gasteiger partial charge in [0.2, 0.25) is 0 Å². The fraction of sp³-hybridized carbons (Fsp3) is 0.421. The number of guanidine groups is 1. The second-order valence-electron chi connectivity index (χ2n) is 6.59. The second-order valence-corrected chi connectivity index (χ2v) is 7.98. The van der Waals surface area contributed by atoms with E-state index < -0.39 is 5.60 Å². The lowest BCUT2D eigenvalue weighted by molar-refractivity contribution is 0.0711. The summed E-state index contributed by atoms with van der Waals surface area (Å²) in [5.41, 5.74) is 0.304. The molecule has 1 heterocycles. The number of hydrogen-bond donors (Lipinski definition) is 3. The molecule has 4 nitrogen and oxygen atoms in total. The van der Waals surface area contributed by atoms with Gasteiger partial charge in [-0.2, -0.15) is 0 Å². The number of halogens is 2. The fourth-order valence-electron chi connectivity index (χ4n) is 2.85. The predicted molar refractivity (Wildman–Crippen MR) is 121 cm³/mol. The fourth-order valence-corrected chi connectivity index (χ4v) is 3.83. The Morgan fingerprint density at radius 3 is 2.85 bits per heavy atom. The van der Waals surface area contributed by atoms with Crippen molar-refractivity contribution in [1.29, 1.82) is 0 Å². The summed E-state index contributed by atoms with van der Waals surface area (Å²) >= 11 is 7.63. The molecule has 0 aliphatic heterocycles. The number of hydrogen-bond acceptors (Lipinski definition) is 3. The number of aliphatic imine (C=N–C) groups is 1. The van der Waals surface area contributed by atoms with Crippen molar-refractivity contribution >= 4 is 52.9 Å². The number of nitrogens with one attached hydrogen (secondary N) is 2. The average molecular weight is 506 g/mol. The SMILES string of the molecule is CCNC(=NCC(C)(O)c1cccs1)NC1CC1c1cccc(Cl)c1.I. The summed E-state index contributed by atoms with van der Waals surface area (Å²) in [5, 5.41) is 20.1. The van der Waals surface area contributed by atoms with E-state index in [1.54, 1.807) is 18.3 Å². The Labute approximate surface area is 181 Å². The van der Waals surface area contributed by atoms with Crippen molar-refractivity contribution in [3.8, 4) is 0 Å². The van der Waals surface area contributed by atoms with Crippen LogP contribution in [0.2, 0.25) is 5.02 Å². The van der Waals surface area contributed by atoms with Crippen molar-refractivity contribution in [2.24, 2.45) is 4.99 Å². The lowest BCUT2D eigenvalue weighted by Crippen LogP contribution is -2.40. The van der Waals surface area contributed by atoms with Crippen molar-refractivity contribution < 1.29 is 5.11 Å². The van der Waals surface area contributed by atoms with Gasteiger partial charge in [0.25, 0.3) is 0 Å². The molecule has 0 radical (unpaired) electrons. The number of nitrogens with zero attached hydrogens (tertiary/aromatic N) is 1. The van der Waals surface area contributed by atoms with Crippen molar-refractivity contribution in [3.63, 3.8) is 0 Å². The highest BCUT2D eigenvalue weighted by Gasteiger charge is 2.39. The van der Waals surface area contributed by atoms with Crippen LogP contribution in [0.3, 0.4) is 0 Å². The smallest absolute Gasteiger partial charge is 0.191 e.